The number of pyridine rings is 1. The van der Waals surface area contributed by atoms with Gasteiger partial charge in [0.05, 0.1) is 16.9 Å². The molecule has 8 heteroatoms. The molecule has 142 valence electrons. The third-order valence-electron chi connectivity index (χ3n) is 4.26. The Labute approximate surface area is 165 Å². The van der Waals surface area contributed by atoms with E-state index in [4.69, 9.17) is 0 Å². The molecule has 4 rings (SSSR count). The lowest BCUT2D eigenvalue weighted by Gasteiger charge is -2.21. The van der Waals surface area contributed by atoms with Crippen LogP contribution in [0.4, 0.5) is 9.52 Å². The Morgan fingerprint density at radius 1 is 1.18 bits per heavy atom. The van der Waals surface area contributed by atoms with Crippen LogP contribution in [-0.4, -0.2) is 25.7 Å². The van der Waals surface area contributed by atoms with E-state index in [-0.39, 0.29) is 24.0 Å². The molecule has 0 unspecified atom stereocenters. The van der Waals surface area contributed by atoms with Crippen LogP contribution in [0.25, 0.3) is 10.2 Å². The van der Waals surface area contributed by atoms with E-state index in [1.807, 2.05) is 32.0 Å². The summed E-state index contributed by atoms with van der Waals surface area (Å²) in [6, 6.07) is 12.0. The van der Waals surface area contributed by atoms with Crippen molar-refractivity contribution in [2.24, 2.45) is 0 Å². The highest BCUT2D eigenvalue weighted by atomic mass is 32.1. The van der Waals surface area contributed by atoms with Crippen molar-refractivity contribution < 1.29 is 9.18 Å². The Hall–Kier alpha value is -3.13. The molecule has 4 aromatic rings. The molecule has 0 spiro atoms. The zero-order valence-electron chi connectivity index (χ0n) is 15.4. The summed E-state index contributed by atoms with van der Waals surface area (Å²) in [4.78, 5) is 23.7. The van der Waals surface area contributed by atoms with Gasteiger partial charge in [0.25, 0.3) is 5.91 Å². The van der Waals surface area contributed by atoms with E-state index < -0.39 is 5.82 Å². The van der Waals surface area contributed by atoms with Crippen LogP contribution in [0.1, 0.15) is 36.1 Å². The predicted octanol–water partition coefficient (Wildman–Crippen LogP) is 4.45. The second-order valence-electron chi connectivity index (χ2n) is 6.55. The topological polar surface area (TPSA) is 63.9 Å². The van der Waals surface area contributed by atoms with Crippen LogP contribution >= 0.6 is 11.3 Å². The third-order valence-corrected chi connectivity index (χ3v) is 5.30. The quantitative estimate of drug-likeness (QED) is 0.501. The van der Waals surface area contributed by atoms with Gasteiger partial charge in [-0.15, -0.1) is 0 Å². The molecule has 0 saturated carbocycles. The molecule has 0 fully saturated rings. The highest BCUT2D eigenvalue weighted by molar-refractivity contribution is 7.22. The molecule has 0 N–H and O–H groups in total. The number of halogens is 1. The zero-order chi connectivity index (χ0) is 19.7. The summed E-state index contributed by atoms with van der Waals surface area (Å²) in [5.74, 6) is -0.659. The van der Waals surface area contributed by atoms with Gasteiger partial charge < -0.3 is 0 Å². The average Bonchev–Trinajstić information content (AvgIpc) is 3.34. The molecular formula is C20H18FN5OS. The molecule has 0 saturated heterocycles. The molecular weight excluding hydrogens is 377 g/mol. The maximum absolute atomic E-state index is 14.1. The number of hydrogen-bond donors (Lipinski definition) is 0. The molecule has 0 radical (unpaired) electrons. The fourth-order valence-corrected chi connectivity index (χ4v) is 3.91. The van der Waals surface area contributed by atoms with Gasteiger partial charge in [-0.2, -0.15) is 5.10 Å². The van der Waals surface area contributed by atoms with Crippen LogP contribution in [-0.2, 0) is 6.54 Å². The number of aromatic nitrogens is 4. The molecule has 3 aromatic heterocycles. The summed E-state index contributed by atoms with van der Waals surface area (Å²) in [5.41, 5.74) is 1.43. The van der Waals surface area contributed by atoms with E-state index in [2.05, 4.69) is 15.1 Å². The number of rotatable bonds is 5. The zero-order valence-corrected chi connectivity index (χ0v) is 16.2. The highest BCUT2D eigenvalue weighted by Gasteiger charge is 2.26. The van der Waals surface area contributed by atoms with Crippen LogP contribution in [0, 0.1) is 5.82 Å². The lowest BCUT2D eigenvalue weighted by molar-refractivity contribution is 0.0972. The second kappa shape index (κ2) is 7.47. The number of thiazole rings is 1. The van der Waals surface area contributed by atoms with E-state index >= 15 is 0 Å². The van der Waals surface area contributed by atoms with Gasteiger partial charge in [0.2, 0.25) is 0 Å². The molecule has 1 amide bonds. The number of fused-ring (bicyclic) bond motifs is 1. The van der Waals surface area contributed by atoms with E-state index in [1.54, 1.807) is 35.3 Å². The van der Waals surface area contributed by atoms with Crippen molar-refractivity contribution in [3.8, 4) is 0 Å². The molecule has 0 aliphatic carbocycles. The monoisotopic (exact) mass is 395 g/mol. The first-order chi connectivity index (χ1) is 13.5. The SMILES string of the molecule is CC(C)n1nccc1C(=O)N(Cc1ccccn1)c1nc2c(F)cccc2s1. The molecule has 0 bridgehead atoms. The smallest absolute Gasteiger partial charge is 0.277 e. The van der Waals surface area contributed by atoms with E-state index in [0.717, 1.165) is 0 Å². The number of amides is 1. The minimum atomic E-state index is -0.405. The van der Waals surface area contributed by atoms with Crippen molar-refractivity contribution >= 4 is 32.6 Å². The van der Waals surface area contributed by atoms with E-state index in [9.17, 15) is 9.18 Å². The van der Waals surface area contributed by atoms with Gasteiger partial charge in [0.1, 0.15) is 17.0 Å². The van der Waals surface area contributed by atoms with Crippen LogP contribution < -0.4 is 4.90 Å². The first-order valence-electron chi connectivity index (χ1n) is 8.85. The Morgan fingerprint density at radius 3 is 2.75 bits per heavy atom. The number of carbonyl (C=O) groups excluding carboxylic acids is 1. The lowest BCUT2D eigenvalue weighted by Crippen LogP contribution is -2.32. The Kier molecular flexibility index (Phi) is 4.87. The standard InChI is InChI=1S/C20H18FN5OS/c1-13(2)26-16(9-11-23-26)19(27)25(12-14-6-3-4-10-22-14)20-24-18-15(21)7-5-8-17(18)28-20/h3-11,13H,12H2,1-2H3. The van der Waals surface area contributed by atoms with Gasteiger partial charge in [-0.05, 0) is 44.2 Å². The maximum atomic E-state index is 14.1. The summed E-state index contributed by atoms with van der Waals surface area (Å²) in [6.07, 6.45) is 3.28. The molecule has 28 heavy (non-hydrogen) atoms. The number of carbonyl (C=O) groups is 1. The number of anilines is 1. The van der Waals surface area contributed by atoms with Crippen molar-refractivity contribution in [3.05, 3.63) is 72.1 Å². The Balaban J connectivity index is 1.80. The molecule has 0 aliphatic rings. The van der Waals surface area contributed by atoms with Crippen LogP contribution in [0.5, 0.6) is 0 Å². The number of para-hydroxylation sites is 1. The van der Waals surface area contributed by atoms with Crippen molar-refractivity contribution in [2.45, 2.75) is 26.4 Å². The largest absolute Gasteiger partial charge is 0.278 e. The summed E-state index contributed by atoms with van der Waals surface area (Å²) in [5, 5.41) is 4.68. The van der Waals surface area contributed by atoms with Crippen molar-refractivity contribution in [3.63, 3.8) is 0 Å². The molecule has 3 heterocycles. The Bertz CT molecular complexity index is 1120. The van der Waals surface area contributed by atoms with Crippen molar-refractivity contribution in [2.75, 3.05) is 4.90 Å². The number of nitrogens with zero attached hydrogens (tertiary/aromatic N) is 5. The summed E-state index contributed by atoms with van der Waals surface area (Å²) in [6.45, 7) is 4.14. The van der Waals surface area contributed by atoms with E-state index in [0.29, 0.717) is 21.2 Å². The van der Waals surface area contributed by atoms with Gasteiger partial charge >= 0.3 is 0 Å². The minimum absolute atomic E-state index is 0.0264. The molecule has 6 nitrogen and oxygen atoms in total. The van der Waals surface area contributed by atoms with Gasteiger partial charge in [-0.1, -0.05) is 23.5 Å². The van der Waals surface area contributed by atoms with Crippen molar-refractivity contribution in [1.29, 1.82) is 0 Å². The molecule has 0 atom stereocenters. The van der Waals surface area contributed by atoms with Crippen LogP contribution in [0.3, 0.4) is 0 Å². The van der Waals surface area contributed by atoms with E-state index in [1.165, 1.54) is 22.3 Å². The number of benzene rings is 1. The van der Waals surface area contributed by atoms with Gasteiger partial charge in [-0.3, -0.25) is 19.4 Å². The van der Waals surface area contributed by atoms with Gasteiger partial charge in [0, 0.05) is 18.4 Å². The molecule has 1 aromatic carbocycles. The average molecular weight is 395 g/mol. The third kappa shape index (κ3) is 3.38. The minimum Gasteiger partial charge on any atom is -0.277 e. The second-order valence-corrected chi connectivity index (χ2v) is 7.56. The first kappa shape index (κ1) is 18.2. The fourth-order valence-electron chi connectivity index (χ4n) is 2.93. The Morgan fingerprint density at radius 2 is 2.04 bits per heavy atom. The maximum Gasteiger partial charge on any atom is 0.278 e. The highest BCUT2D eigenvalue weighted by Crippen LogP contribution is 2.32. The lowest BCUT2D eigenvalue weighted by atomic mass is 10.3. The number of hydrogen-bond acceptors (Lipinski definition) is 5. The predicted molar refractivity (Wildman–Crippen MR) is 107 cm³/mol. The van der Waals surface area contributed by atoms with Crippen LogP contribution in [0.2, 0.25) is 0 Å². The normalized spacial score (nSPS) is 11.3. The first-order valence-corrected chi connectivity index (χ1v) is 9.66. The van der Waals surface area contributed by atoms with Gasteiger partial charge in [0.15, 0.2) is 5.13 Å². The summed E-state index contributed by atoms with van der Waals surface area (Å²) in [7, 11) is 0. The fraction of sp³-hybridized carbons (Fsp3) is 0.200. The van der Waals surface area contributed by atoms with Crippen LogP contribution in [0.15, 0.2) is 54.9 Å². The van der Waals surface area contributed by atoms with Crippen molar-refractivity contribution in [1.82, 2.24) is 19.7 Å². The van der Waals surface area contributed by atoms with Gasteiger partial charge in [-0.25, -0.2) is 9.37 Å². The molecule has 0 aliphatic heterocycles. The summed E-state index contributed by atoms with van der Waals surface area (Å²) < 4.78 is 16.5. The summed E-state index contributed by atoms with van der Waals surface area (Å²) >= 11 is 1.28.